The molecule has 5 rings (SSSR count). The zero-order valence-corrected chi connectivity index (χ0v) is 20.7. The summed E-state index contributed by atoms with van der Waals surface area (Å²) in [6.45, 7) is 0. The fourth-order valence-electron chi connectivity index (χ4n) is 3.51. The molecule has 3 aromatic carbocycles. The molecule has 9 heteroatoms. The number of carbonyl (C=O) groups excluding carboxylic acids is 1. The Morgan fingerprint density at radius 1 is 0.944 bits per heavy atom. The molecular weight excluding hydrogens is 519 g/mol. The number of carboxylic acids is 1. The lowest BCUT2D eigenvalue weighted by Crippen LogP contribution is -2.28. The molecule has 0 unspecified atom stereocenters. The molecule has 4 aromatic rings. The molecule has 0 aliphatic carbocycles. The van der Waals surface area contributed by atoms with Crippen molar-refractivity contribution in [2.45, 2.75) is 0 Å². The van der Waals surface area contributed by atoms with E-state index < -0.39 is 5.97 Å². The van der Waals surface area contributed by atoms with Gasteiger partial charge in [-0.1, -0.05) is 35.3 Å². The average molecular weight is 535 g/mol. The van der Waals surface area contributed by atoms with E-state index in [2.05, 4.69) is 4.99 Å². The molecule has 0 saturated carbocycles. The number of amides is 1. The Balaban J connectivity index is 1.50. The van der Waals surface area contributed by atoms with E-state index in [9.17, 15) is 14.7 Å². The molecule has 1 N–H and O–H groups in total. The number of benzene rings is 3. The quantitative estimate of drug-likeness (QED) is 0.264. The monoisotopic (exact) mass is 534 g/mol. The number of rotatable bonds is 5. The van der Waals surface area contributed by atoms with Crippen LogP contribution in [0.25, 0.3) is 17.4 Å². The highest BCUT2D eigenvalue weighted by atomic mass is 35.5. The van der Waals surface area contributed by atoms with Gasteiger partial charge in [-0.25, -0.2) is 9.79 Å². The van der Waals surface area contributed by atoms with Gasteiger partial charge >= 0.3 is 5.97 Å². The maximum atomic E-state index is 13.4. The largest absolute Gasteiger partial charge is 0.478 e. The van der Waals surface area contributed by atoms with Crippen molar-refractivity contribution in [2.24, 2.45) is 4.99 Å². The van der Waals surface area contributed by atoms with E-state index >= 15 is 0 Å². The lowest BCUT2D eigenvalue weighted by Gasteiger charge is -2.15. The number of thioether (sulfide) groups is 1. The first-order valence-electron chi connectivity index (χ1n) is 10.6. The van der Waals surface area contributed by atoms with Gasteiger partial charge in [0, 0.05) is 21.7 Å². The molecule has 6 nitrogen and oxygen atoms in total. The van der Waals surface area contributed by atoms with E-state index in [0.29, 0.717) is 48.6 Å². The SMILES string of the molecule is O=C(O)c1cccc(-c2ccc(C=C3SC(=Nc4ccc(Cl)cc4)N(c4ccc(Cl)cc4)C3=O)o2)c1. The van der Waals surface area contributed by atoms with E-state index in [4.69, 9.17) is 27.6 Å². The van der Waals surface area contributed by atoms with Gasteiger partial charge in [0.15, 0.2) is 5.17 Å². The molecule has 1 aliphatic heterocycles. The number of aromatic carboxylic acids is 1. The summed E-state index contributed by atoms with van der Waals surface area (Å²) in [4.78, 5) is 31.3. The summed E-state index contributed by atoms with van der Waals surface area (Å²) in [7, 11) is 0. The van der Waals surface area contributed by atoms with Crippen LogP contribution in [0.2, 0.25) is 10.0 Å². The zero-order chi connectivity index (χ0) is 25.2. The number of carboxylic acid groups (broad SMARTS) is 1. The van der Waals surface area contributed by atoms with E-state index in [1.165, 1.54) is 28.8 Å². The first kappa shape index (κ1) is 23.9. The van der Waals surface area contributed by atoms with Gasteiger partial charge in [-0.3, -0.25) is 9.69 Å². The molecule has 1 aliphatic rings. The molecule has 0 bridgehead atoms. The molecule has 2 heterocycles. The number of carbonyl (C=O) groups is 2. The third-order valence-electron chi connectivity index (χ3n) is 5.24. The highest BCUT2D eigenvalue weighted by molar-refractivity contribution is 8.19. The Morgan fingerprint density at radius 2 is 1.64 bits per heavy atom. The van der Waals surface area contributed by atoms with Crippen LogP contribution < -0.4 is 4.90 Å². The minimum Gasteiger partial charge on any atom is -0.478 e. The molecule has 1 saturated heterocycles. The zero-order valence-electron chi connectivity index (χ0n) is 18.4. The smallest absolute Gasteiger partial charge is 0.335 e. The van der Waals surface area contributed by atoms with Gasteiger partial charge in [-0.05, 0) is 84.6 Å². The van der Waals surface area contributed by atoms with Crippen molar-refractivity contribution < 1.29 is 19.1 Å². The van der Waals surface area contributed by atoms with Gasteiger partial charge < -0.3 is 9.52 Å². The highest BCUT2D eigenvalue weighted by Crippen LogP contribution is 2.38. The Hall–Kier alpha value is -3.78. The summed E-state index contributed by atoms with van der Waals surface area (Å²) >= 11 is 13.3. The Bertz CT molecular complexity index is 1530. The van der Waals surface area contributed by atoms with Crippen molar-refractivity contribution in [3.63, 3.8) is 0 Å². The maximum absolute atomic E-state index is 13.4. The van der Waals surface area contributed by atoms with Gasteiger partial charge in [-0.2, -0.15) is 0 Å². The number of hydrogen-bond acceptors (Lipinski definition) is 5. The number of nitrogens with zero attached hydrogens (tertiary/aromatic N) is 2. The summed E-state index contributed by atoms with van der Waals surface area (Å²) in [5.74, 6) is -0.343. The van der Waals surface area contributed by atoms with Gasteiger partial charge in [0.1, 0.15) is 11.5 Å². The molecular formula is C27H16Cl2N2O4S. The highest BCUT2D eigenvalue weighted by Gasteiger charge is 2.35. The predicted octanol–water partition coefficient (Wildman–Crippen LogP) is 7.76. The van der Waals surface area contributed by atoms with E-state index in [1.54, 1.807) is 78.9 Å². The molecule has 1 aromatic heterocycles. The number of halogens is 2. The van der Waals surface area contributed by atoms with Crippen molar-refractivity contribution in [3.8, 4) is 11.3 Å². The van der Waals surface area contributed by atoms with Crippen molar-refractivity contribution in [2.75, 3.05) is 4.90 Å². The fourth-order valence-corrected chi connectivity index (χ4v) is 4.75. The molecule has 1 fully saturated rings. The topological polar surface area (TPSA) is 83.1 Å². The van der Waals surface area contributed by atoms with Crippen LogP contribution in [0.15, 0.2) is 99.2 Å². The second-order valence-corrected chi connectivity index (χ2v) is 9.57. The maximum Gasteiger partial charge on any atom is 0.335 e. The van der Waals surface area contributed by atoms with Crippen LogP contribution in [0.3, 0.4) is 0 Å². The van der Waals surface area contributed by atoms with Crippen LogP contribution in [0.5, 0.6) is 0 Å². The van der Waals surface area contributed by atoms with Gasteiger partial charge in [-0.15, -0.1) is 0 Å². The second kappa shape index (κ2) is 10.1. The standard InChI is InChI=1S/C27H16Cl2N2O4S/c28-18-4-8-20(9-5-18)30-27-31(21-10-6-19(29)7-11-21)25(32)24(36-27)15-22-12-13-23(35-22)16-2-1-3-17(14-16)26(33)34/h1-15H,(H,33,34). The number of anilines is 1. The third kappa shape index (κ3) is 5.09. The van der Waals surface area contributed by atoms with Gasteiger partial charge in [0.05, 0.1) is 21.8 Å². The van der Waals surface area contributed by atoms with Crippen LogP contribution in [-0.2, 0) is 4.79 Å². The van der Waals surface area contributed by atoms with Crippen LogP contribution in [0, 0.1) is 0 Å². The first-order chi connectivity index (χ1) is 17.4. The first-order valence-corrected chi connectivity index (χ1v) is 12.2. The van der Waals surface area contributed by atoms with E-state index in [1.807, 2.05) is 0 Å². The lowest BCUT2D eigenvalue weighted by molar-refractivity contribution is -0.113. The number of amidine groups is 1. The second-order valence-electron chi connectivity index (χ2n) is 7.69. The molecule has 0 radical (unpaired) electrons. The minimum absolute atomic E-state index is 0.159. The predicted molar refractivity (Wildman–Crippen MR) is 144 cm³/mol. The Labute approximate surface area is 220 Å². The van der Waals surface area contributed by atoms with Crippen molar-refractivity contribution in [3.05, 3.63) is 111 Å². The molecule has 0 spiro atoms. The summed E-state index contributed by atoms with van der Waals surface area (Å²) in [5.41, 5.74) is 2.05. The van der Waals surface area contributed by atoms with Crippen molar-refractivity contribution in [1.82, 2.24) is 0 Å². The van der Waals surface area contributed by atoms with Crippen LogP contribution >= 0.6 is 35.0 Å². The minimum atomic E-state index is -1.02. The van der Waals surface area contributed by atoms with Crippen LogP contribution in [-0.4, -0.2) is 22.2 Å². The molecule has 36 heavy (non-hydrogen) atoms. The number of aliphatic imine (C=N–C) groups is 1. The lowest BCUT2D eigenvalue weighted by atomic mass is 10.1. The van der Waals surface area contributed by atoms with Crippen molar-refractivity contribution >= 4 is 69.5 Å². The number of hydrogen-bond donors (Lipinski definition) is 1. The Kier molecular flexibility index (Phi) is 6.69. The summed E-state index contributed by atoms with van der Waals surface area (Å²) < 4.78 is 5.91. The normalized spacial score (nSPS) is 15.7. The summed E-state index contributed by atoms with van der Waals surface area (Å²) in [5, 5.41) is 10.9. The summed E-state index contributed by atoms with van der Waals surface area (Å²) in [6.07, 6.45) is 1.64. The molecule has 178 valence electrons. The van der Waals surface area contributed by atoms with Gasteiger partial charge in [0.2, 0.25) is 0 Å². The summed E-state index contributed by atoms with van der Waals surface area (Å²) in [6, 6.07) is 23.8. The number of furan rings is 1. The molecule has 1 amide bonds. The van der Waals surface area contributed by atoms with Crippen LogP contribution in [0.1, 0.15) is 16.1 Å². The van der Waals surface area contributed by atoms with Crippen molar-refractivity contribution in [1.29, 1.82) is 0 Å². The Morgan fingerprint density at radius 3 is 2.33 bits per heavy atom. The fraction of sp³-hybridized carbons (Fsp3) is 0. The average Bonchev–Trinajstić information content (AvgIpc) is 3.46. The van der Waals surface area contributed by atoms with E-state index in [-0.39, 0.29) is 11.5 Å². The van der Waals surface area contributed by atoms with E-state index in [0.717, 1.165) is 0 Å². The van der Waals surface area contributed by atoms with Crippen LogP contribution in [0.4, 0.5) is 11.4 Å². The van der Waals surface area contributed by atoms with Gasteiger partial charge in [0.25, 0.3) is 5.91 Å². The molecule has 0 atom stereocenters. The third-order valence-corrected chi connectivity index (χ3v) is 6.71.